The number of hydrogen-bond acceptors (Lipinski definition) is 6. The number of pyridine rings is 1. The largest absolute Gasteiger partial charge is 0.478 e. The average Bonchev–Trinajstić information content (AvgIpc) is 3.27. The first kappa shape index (κ1) is 20.3. The molecule has 0 aromatic carbocycles. The molecule has 1 aliphatic carbocycles. The molecule has 7 heteroatoms. The Bertz CT molecular complexity index is 929. The maximum atomic E-state index is 12.3. The van der Waals surface area contributed by atoms with Crippen molar-refractivity contribution in [1.29, 1.82) is 0 Å². The van der Waals surface area contributed by atoms with Crippen LogP contribution in [0.3, 0.4) is 0 Å². The number of thiophene rings is 1. The Labute approximate surface area is 176 Å². The number of aromatic carboxylic acids is 1. The fourth-order valence-electron chi connectivity index (χ4n) is 4.51. The number of carboxylic acids is 1. The summed E-state index contributed by atoms with van der Waals surface area (Å²) in [5, 5.41) is 11.7. The van der Waals surface area contributed by atoms with Gasteiger partial charge in [-0.3, -0.25) is 5.84 Å². The van der Waals surface area contributed by atoms with E-state index in [9.17, 15) is 9.90 Å². The molecule has 1 fully saturated rings. The van der Waals surface area contributed by atoms with Crippen LogP contribution in [0.4, 0.5) is 5.82 Å². The molecule has 3 heterocycles. The number of nitrogens with zero attached hydrogens (tertiary/aromatic N) is 3. The smallest absolute Gasteiger partial charge is 0.337 e. The molecule has 6 nitrogen and oxygen atoms in total. The van der Waals surface area contributed by atoms with E-state index in [1.807, 2.05) is 19.2 Å². The van der Waals surface area contributed by atoms with Gasteiger partial charge >= 0.3 is 5.97 Å². The van der Waals surface area contributed by atoms with Crippen molar-refractivity contribution in [2.45, 2.75) is 52.5 Å². The summed E-state index contributed by atoms with van der Waals surface area (Å²) < 4.78 is 0. The van der Waals surface area contributed by atoms with Crippen LogP contribution in [-0.4, -0.2) is 41.2 Å². The first-order chi connectivity index (χ1) is 13.7. The molecule has 2 aromatic heterocycles. The normalized spacial score (nSPS) is 18.3. The highest BCUT2D eigenvalue weighted by Crippen LogP contribution is 2.46. The maximum absolute atomic E-state index is 12.3. The Morgan fingerprint density at radius 2 is 2.07 bits per heavy atom. The van der Waals surface area contributed by atoms with Gasteiger partial charge in [0.25, 0.3) is 0 Å². The number of rotatable bonds is 5. The standard InChI is InChI=1S/C22H30N4O2S/c1-22(2)9-8-17-15(12-22)19(21(27)28)20(29-17)14-6-7-18(26-10-4-5-11-26)24-16(14)13-25(3)23/h6-7H,4-5,8-13,23H2,1-3H3,(H,27,28). The van der Waals surface area contributed by atoms with E-state index in [1.165, 1.54) is 17.7 Å². The van der Waals surface area contributed by atoms with Gasteiger partial charge in [0.05, 0.1) is 22.7 Å². The monoisotopic (exact) mass is 414 g/mol. The zero-order valence-corrected chi connectivity index (χ0v) is 18.3. The molecular weight excluding hydrogens is 384 g/mol. The Morgan fingerprint density at radius 1 is 1.34 bits per heavy atom. The van der Waals surface area contributed by atoms with Crippen molar-refractivity contribution in [1.82, 2.24) is 9.99 Å². The third-order valence-corrected chi connectivity index (χ3v) is 7.35. The van der Waals surface area contributed by atoms with Gasteiger partial charge in [0.2, 0.25) is 0 Å². The van der Waals surface area contributed by atoms with Crippen molar-refractivity contribution in [2.24, 2.45) is 11.3 Å². The number of hydrogen-bond donors (Lipinski definition) is 2. The van der Waals surface area contributed by atoms with E-state index < -0.39 is 5.97 Å². The van der Waals surface area contributed by atoms with Gasteiger partial charge in [-0.1, -0.05) is 13.8 Å². The lowest BCUT2D eigenvalue weighted by Crippen LogP contribution is -2.27. The molecule has 1 aliphatic heterocycles. The Kier molecular flexibility index (Phi) is 5.40. The van der Waals surface area contributed by atoms with Crippen LogP contribution >= 0.6 is 11.3 Å². The quantitative estimate of drug-likeness (QED) is 0.570. The molecule has 0 bridgehead atoms. The van der Waals surface area contributed by atoms with Crippen molar-refractivity contribution in [2.75, 3.05) is 25.0 Å². The van der Waals surface area contributed by atoms with Gasteiger partial charge in [0.15, 0.2) is 0 Å². The topological polar surface area (TPSA) is 82.7 Å². The average molecular weight is 415 g/mol. The Morgan fingerprint density at radius 3 is 2.72 bits per heavy atom. The number of aromatic nitrogens is 1. The summed E-state index contributed by atoms with van der Waals surface area (Å²) >= 11 is 1.63. The van der Waals surface area contributed by atoms with Crippen molar-refractivity contribution < 1.29 is 9.90 Å². The second-order valence-electron chi connectivity index (χ2n) is 9.13. The SMILES string of the molecule is CN(N)Cc1nc(N2CCCC2)ccc1-c1sc2c(c1C(=O)O)CC(C)(C)CC2. The van der Waals surface area contributed by atoms with E-state index in [4.69, 9.17) is 10.8 Å². The first-order valence-corrected chi connectivity index (χ1v) is 11.2. The summed E-state index contributed by atoms with van der Waals surface area (Å²) in [6.45, 7) is 6.96. The van der Waals surface area contributed by atoms with Crippen molar-refractivity contribution in [3.05, 3.63) is 33.8 Å². The predicted molar refractivity (Wildman–Crippen MR) is 117 cm³/mol. The van der Waals surface area contributed by atoms with Gasteiger partial charge in [0, 0.05) is 30.6 Å². The van der Waals surface area contributed by atoms with Crippen LogP contribution in [0.1, 0.15) is 59.6 Å². The summed E-state index contributed by atoms with van der Waals surface area (Å²) in [6.07, 6.45) is 5.21. The second-order valence-corrected chi connectivity index (χ2v) is 10.2. The van der Waals surface area contributed by atoms with Crippen LogP contribution in [0.5, 0.6) is 0 Å². The predicted octanol–water partition coefficient (Wildman–Crippen LogP) is 3.93. The second kappa shape index (κ2) is 7.70. The van der Waals surface area contributed by atoms with Crippen molar-refractivity contribution in [3.8, 4) is 10.4 Å². The molecule has 0 atom stereocenters. The van der Waals surface area contributed by atoms with Gasteiger partial charge in [-0.25, -0.2) is 14.8 Å². The molecule has 0 saturated carbocycles. The van der Waals surface area contributed by atoms with Crippen LogP contribution in [0.15, 0.2) is 12.1 Å². The van der Waals surface area contributed by atoms with Crippen LogP contribution in [0.25, 0.3) is 10.4 Å². The molecule has 0 unspecified atom stereocenters. The lowest BCUT2D eigenvalue weighted by atomic mass is 9.76. The summed E-state index contributed by atoms with van der Waals surface area (Å²) in [5.74, 6) is 6.09. The highest BCUT2D eigenvalue weighted by Gasteiger charge is 2.33. The Balaban J connectivity index is 1.83. The third-order valence-electron chi connectivity index (χ3n) is 6.02. The number of carbonyl (C=O) groups is 1. The van der Waals surface area contributed by atoms with Crippen LogP contribution in [0, 0.1) is 5.41 Å². The molecule has 3 N–H and O–H groups in total. The minimum atomic E-state index is -0.842. The summed E-state index contributed by atoms with van der Waals surface area (Å²) in [7, 11) is 1.81. The molecular formula is C22H30N4O2S. The minimum absolute atomic E-state index is 0.133. The van der Waals surface area contributed by atoms with E-state index in [2.05, 4.69) is 18.7 Å². The van der Waals surface area contributed by atoms with Crippen LogP contribution < -0.4 is 10.7 Å². The summed E-state index contributed by atoms with van der Waals surface area (Å²) in [5.41, 5.74) is 3.37. The van der Waals surface area contributed by atoms with Gasteiger partial charge in [-0.15, -0.1) is 11.3 Å². The van der Waals surface area contributed by atoms with E-state index in [1.54, 1.807) is 16.3 Å². The van der Waals surface area contributed by atoms with Crippen LogP contribution in [-0.2, 0) is 19.4 Å². The highest BCUT2D eigenvalue weighted by molar-refractivity contribution is 7.16. The zero-order valence-electron chi connectivity index (χ0n) is 17.5. The molecule has 156 valence electrons. The fourth-order valence-corrected chi connectivity index (χ4v) is 5.87. The maximum Gasteiger partial charge on any atom is 0.337 e. The molecule has 0 radical (unpaired) electrons. The summed E-state index contributed by atoms with van der Waals surface area (Å²) in [4.78, 5) is 21.6. The molecule has 29 heavy (non-hydrogen) atoms. The molecule has 2 aliphatic rings. The first-order valence-electron chi connectivity index (χ1n) is 10.3. The van der Waals surface area contributed by atoms with E-state index in [0.29, 0.717) is 12.1 Å². The molecule has 1 saturated heterocycles. The lowest BCUT2D eigenvalue weighted by molar-refractivity contribution is 0.0696. The molecule has 0 amide bonds. The van der Waals surface area contributed by atoms with Gasteiger partial charge in [0.1, 0.15) is 5.82 Å². The molecule has 0 spiro atoms. The van der Waals surface area contributed by atoms with Gasteiger partial charge < -0.3 is 10.0 Å². The van der Waals surface area contributed by atoms with E-state index >= 15 is 0 Å². The zero-order chi connectivity index (χ0) is 20.8. The highest BCUT2D eigenvalue weighted by atomic mass is 32.1. The van der Waals surface area contributed by atoms with E-state index in [-0.39, 0.29) is 5.41 Å². The number of carboxylic acid groups (broad SMARTS) is 1. The Hall–Kier alpha value is -1.96. The van der Waals surface area contributed by atoms with Crippen molar-refractivity contribution in [3.63, 3.8) is 0 Å². The third kappa shape index (κ3) is 4.04. The van der Waals surface area contributed by atoms with Crippen LogP contribution in [0.2, 0.25) is 0 Å². The number of fused-ring (bicyclic) bond motifs is 1. The number of hydrazine groups is 1. The lowest BCUT2D eigenvalue weighted by Gasteiger charge is -2.29. The number of aryl methyl sites for hydroxylation is 1. The molecule has 2 aromatic rings. The van der Waals surface area contributed by atoms with E-state index in [0.717, 1.165) is 59.9 Å². The van der Waals surface area contributed by atoms with Gasteiger partial charge in [-0.05, 0) is 55.2 Å². The minimum Gasteiger partial charge on any atom is -0.478 e. The summed E-state index contributed by atoms with van der Waals surface area (Å²) in [6, 6.07) is 4.09. The van der Waals surface area contributed by atoms with Gasteiger partial charge in [-0.2, -0.15) is 0 Å². The molecule has 4 rings (SSSR count). The fraction of sp³-hybridized carbons (Fsp3) is 0.545. The van der Waals surface area contributed by atoms with Crippen molar-refractivity contribution >= 4 is 23.1 Å². The number of nitrogens with two attached hydrogens (primary N) is 1. The number of anilines is 1.